The molecule has 2 heteroatoms. The minimum absolute atomic E-state index is 0.625. The summed E-state index contributed by atoms with van der Waals surface area (Å²) in [5.41, 5.74) is 0.439. The Balaban J connectivity index is 3.97. The zero-order valence-corrected chi connectivity index (χ0v) is 10.7. The number of unbranched alkanes of at least 4 members (excludes halogenated alkanes) is 2. The first-order valence-electron chi connectivity index (χ1n) is 6.00. The highest BCUT2D eigenvalue weighted by Crippen LogP contribution is 2.17. The predicted molar refractivity (Wildman–Crippen MR) is 65.0 cm³/mol. The predicted octanol–water partition coefficient (Wildman–Crippen LogP) is 3.30. The SMILES string of the molecule is CCCCCC(C)(O)/C=C(/C)COCC. The van der Waals surface area contributed by atoms with Crippen LogP contribution in [0.3, 0.4) is 0 Å². The Kier molecular flexibility index (Phi) is 7.71. The van der Waals surface area contributed by atoms with E-state index in [2.05, 4.69) is 6.92 Å². The Morgan fingerprint density at radius 2 is 2.00 bits per heavy atom. The van der Waals surface area contributed by atoms with E-state index in [9.17, 15) is 5.11 Å². The molecule has 0 aliphatic carbocycles. The molecular formula is C13H26O2. The molecule has 1 N–H and O–H groups in total. The molecule has 0 bridgehead atoms. The van der Waals surface area contributed by atoms with Crippen LogP contribution in [0.5, 0.6) is 0 Å². The second kappa shape index (κ2) is 7.89. The monoisotopic (exact) mass is 214 g/mol. The van der Waals surface area contributed by atoms with Gasteiger partial charge in [-0.1, -0.05) is 32.3 Å². The summed E-state index contributed by atoms with van der Waals surface area (Å²) < 4.78 is 5.29. The standard InChI is InChI=1S/C13H26O2/c1-5-7-8-9-13(4,14)10-12(3)11-15-6-2/h10,14H,5-9,11H2,1-4H3/b12-10-. The van der Waals surface area contributed by atoms with Crippen molar-refractivity contribution in [1.29, 1.82) is 0 Å². The lowest BCUT2D eigenvalue weighted by molar-refractivity contribution is 0.0953. The van der Waals surface area contributed by atoms with Crippen molar-refractivity contribution in [3.05, 3.63) is 11.6 Å². The van der Waals surface area contributed by atoms with E-state index in [-0.39, 0.29) is 0 Å². The number of hydrogen-bond donors (Lipinski definition) is 1. The van der Waals surface area contributed by atoms with E-state index in [0.29, 0.717) is 6.61 Å². The molecule has 15 heavy (non-hydrogen) atoms. The fourth-order valence-electron chi connectivity index (χ4n) is 1.64. The fourth-order valence-corrected chi connectivity index (χ4v) is 1.64. The molecule has 0 saturated carbocycles. The summed E-state index contributed by atoms with van der Waals surface area (Å²) in [7, 11) is 0. The molecule has 2 nitrogen and oxygen atoms in total. The molecule has 0 aromatic heterocycles. The maximum atomic E-state index is 10.1. The van der Waals surface area contributed by atoms with Crippen LogP contribution in [0.2, 0.25) is 0 Å². The van der Waals surface area contributed by atoms with Crippen molar-refractivity contribution >= 4 is 0 Å². The van der Waals surface area contributed by atoms with Crippen molar-refractivity contribution < 1.29 is 9.84 Å². The molecule has 1 atom stereocenters. The molecule has 0 spiro atoms. The number of rotatable bonds is 8. The average Bonchev–Trinajstić information content (AvgIpc) is 2.14. The van der Waals surface area contributed by atoms with Gasteiger partial charge in [-0.3, -0.25) is 0 Å². The summed E-state index contributed by atoms with van der Waals surface area (Å²) in [5, 5.41) is 10.1. The highest BCUT2D eigenvalue weighted by Gasteiger charge is 2.16. The van der Waals surface area contributed by atoms with Crippen LogP contribution in [0.15, 0.2) is 11.6 Å². The summed E-state index contributed by atoms with van der Waals surface area (Å²) in [6.07, 6.45) is 6.23. The third-order valence-corrected chi connectivity index (χ3v) is 2.38. The smallest absolute Gasteiger partial charge is 0.0803 e. The molecule has 90 valence electrons. The minimum Gasteiger partial charge on any atom is -0.386 e. The molecule has 0 fully saturated rings. The normalized spacial score (nSPS) is 16.5. The van der Waals surface area contributed by atoms with Gasteiger partial charge in [-0.05, 0) is 32.8 Å². The van der Waals surface area contributed by atoms with Crippen molar-refractivity contribution in [2.75, 3.05) is 13.2 Å². The summed E-state index contributed by atoms with van der Waals surface area (Å²) in [4.78, 5) is 0. The Bertz CT molecular complexity index is 183. The van der Waals surface area contributed by atoms with Gasteiger partial charge in [0, 0.05) is 6.61 Å². The van der Waals surface area contributed by atoms with E-state index in [4.69, 9.17) is 4.74 Å². The van der Waals surface area contributed by atoms with Crippen LogP contribution < -0.4 is 0 Å². The van der Waals surface area contributed by atoms with Gasteiger partial charge in [-0.2, -0.15) is 0 Å². The number of hydrogen-bond acceptors (Lipinski definition) is 2. The van der Waals surface area contributed by atoms with E-state index >= 15 is 0 Å². The van der Waals surface area contributed by atoms with Gasteiger partial charge < -0.3 is 9.84 Å². The largest absolute Gasteiger partial charge is 0.386 e. The molecule has 0 heterocycles. The van der Waals surface area contributed by atoms with E-state index in [0.717, 1.165) is 25.0 Å². The quantitative estimate of drug-likeness (QED) is 0.496. The lowest BCUT2D eigenvalue weighted by Crippen LogP contribution is -2.21. The average molecular weight is 214 g/mol. The molecule has 0 rings (SSSR count). The molecule has 0 radical (unpaired) electrons. The van der Waals surface area contributed by atoms with E-state index in [1.165, 1.54) is 12.8 Å². The Hall–Kier alpha value is -0.340. The lowest BCUT2D eigenvalue weighted by Gasteiger charge is -2.20. The van der Waals surface area contributed by atoms with Crippen molar-refractivity contribution in [2.24, 2.45) is 0 Å². The molecule has 0 aliphatic heterocycles. The molecule has 0 aliphatic rings. The molecule has 0 aromatic rings. The van der Waals surface area contributed by atoms with Crippen LogP contribution in [-0.4, -0.2) is 23.9 Å². The third-order valence-electron chi connectivity index (χ3n) is 2.38. The summed E-state index contributed by atoms with van der Waals surface area (Å²) in [6.45, 7) is 9.38. The first kappa shape index (κ1) is 14.7. The number of aliphatic hydroxyl groups is 1. The first-order valence-corrected chi connectivity index (χ1v) is 6.00. The summed E-state index contributed by atoms with van der Waals surface area (Å²) >= 11 is 0. The zero-order chi connectivity index (χ0) is 11.7. The molecular weight excluding hydrogens is 188 g/mol. The van der Waals surface area contributed by atoms with Crippen molar-refractivity contribution in [2.45, 2.75) is 59.0 Å². The first-order chi connectivity index (χ1) is 7.02. The molecule has 0 amide bonds. The van der Waals surface area contributed by atoms with E-state index < -0.39 is 5.60 Å². The van der Waals surface area contributed by atoms with Gasteiger partial charge in [0.1, 0.15) is 0 Å². The maximum absolute atomic E-state index is 10.1. The van der Waals surface area contributed by atoms with Crippen LogP contribution in [0.4, 0.5) is 0 Å². The van der Waals surface area contributed by atoms with Gasteiger partial charge in [0.05, 0.1) is 12.2 Å². The third kappa shape index (κ3) is 8.64. The minimum atomic E-state index is -0.670. The Morgan fingerprint density at radius 1 is 1.33 bits per heavy atom. The summed E-state index contributed by atoms with van der Waals surface area (Å²) in [5.74, 6) is 0. The lowest BCUT2D eigenvalue weighted by atomic mass is 9.96. The van der Waals surface area contributed by atoms with Gasteiger partial charge in [0.2, 0.25) is 0 Å². The highest BCUT2D eigenvalue weighted by atomic mass is 16.5. The van der Waals surface area contributed by atoms with Gasteiger partial charge in [0.15, 0.2) is 0 Å². The van der Waals surface area contributed by atoms with Gasteiger partial charge >= 0.3 is 0 Å². The Morgan fingerprint density at radius 3 is 2.53 bits per heavy atom. The van der Waals surface area contributed by atoms with Crippen LogP contribution in [0.25, 0.3) is 0 Å². The second-order valence-corrected chi connectivity index (χ2v) is 4.44. The fraction of sp³-hybridized carbons (Fsp3) is 0.846. The van der Waals surface area contributed by atoms with Crippen molar-refractivity contribution in [1.82, 2.24) is 0 Å². The molecule has 1 unspecified atom stereocenters. The van der Waals surface area contributed by atoms with Crippen LogP contribution in [0.1, 0.15) is 53.4 Å². The topological polar surface area (TPSA) is 29.5 Å². The number of ether oxygens (including phenoxy) is 1. The van der Waals surface area contributed by atoms with Gasteiger partial charge in [-0.15, -0.1) is 0 Å². The van der Waals surface area contributed by atoms with Crippen LogP contribution >= 0.6 is 0 Å². The highest BCUT2D eigenvalue weighted by molar-refractivity contribution is 5.07. The van der Waals surface area contributed by atoms with Crippen LogP contribution in [-0.2, 0) is 4.74 Å². The maximum Gasteiger partial charge on any atom is 0.0803 e. The van der Waals surface area contributed by atoms with Crippen molar-refractivity contribution in [3.63, 3.8) is 0 Å². The van der Waals surface area contributed by atoms with Gasteiger partial charge in [-0.25, -0.2) is 0 Å². The summed E-state index contributed by atoms with van der Waals surface area (Å²) in [6, 6.07) is 0. The van der Waals surface area contributed by atoms with E-state index in [1.807, 2.05) is 26.8 Å². The van der Waals surface area contributed by atoms with Crippen molar-refractivity contribution in [3.8, 4) is 0 Å². The second-order valence-electron chi connectivity index (χ2n) is 4.44. The molecule has 0 aromatic carbocycles. The zero-order valence-electron chi connectivity index (χ0n) is 10.7. The van der Waals surface area contributed by atoms with Crippen LogP contribution in [0, 0.1) is 0 Å². The van der Waals surface area contributed by atoms with E-state index in [1.54, 1.807) is 0 Å². The molecule has 0 saturated heterocycles. The van der Waals surface area contributed by atoms with Gasteiger partial charge in [0.25, 0.3) is 0 Å². The Labute approximate surface area is 94.3 Å².